The van der Waals surface area contributed by atoms with E-state index in [1.165, 1.54) is 56.1 Å². The first kappa shape index (κ1) is 13.3. The number of rotatable bonds is 2. The molecule has 0 aliphatic heterocycles. The second-order valence-corrected chi connectivity index (χ2v) is 9.35. The quantitative estimate of drug-likeness (QED) is 0.896. The molecule has 1 aromatic rings. The molecule has 0 amide bonds. The van der Waals surface area contributed by atoms with Gasteiger partial charge in [-0.15, -0.1) is 0 Å². The van der Waals surface area contributed by atoms with Crippen molar-refractivity contribution in [3.8, 4) is 5.75 Å². The van der Waals surface area contributed by atoms with Crippen molar-refractivity contribution in [2.75, 3.05) is 7.11 Å². The van der Waals surface area contributed by atoms with E-state index in [0.29, 0.717) is 5.41 Å². The molecule has 2 heteroatoms. The zero-order chi connectivity index (χ0) is 15.6. The lowest BCUT2D eigenvalue weighted by Gasteiger charge is -2.61. The molecule has 1 spiro atoms. The Morgan fingerprint density at radius 1 is 1.17 bits per heavy atom. The topological polar surface area (TPSA) is 29.5 Å². The van der Waals surface area contributed by atoms with Crippen molar-refractivity contribution in [3.63, 3.8) is 0 Å². The van der Waals surface area contributed by atoms with Crippen LogP contribution in [0.4, 0.5) is 0 Å². The lowest BCUT2D eigenvalue weighted by molar-refractivity contribution is -0.126. The minimum absolute atomic E-state index is 0.0190. The molecule has 6 rings (SSSR count). The van der Waals surface area contributed by atoms with Gasteiger partial charge in [-0.3, -0.25) is 0 Å². The van der Waals surface area contributed by atoms with E-state index >= 15 is 0 Å². The molecule has 2 unspecified atom stereocenters. The van der Waals surface area contributed by atoms with Crippen LogP contribution in [0.1, 0.15) is 68.1 Å². The molecule has 2 nitrogen and oxygen atoms in total. The highest BCUT2D eigenvalue weighted by molar-refractivity contribution is 5.56. The number of ether oxygens (including phenoxy) is 1. The van der Waals surface area contributed by atoms with E-state index in [1.807, 2.05) is 0 Å². The third-order valence-corrected chi connectivity index (χ3v) is 9.19. The van der Waals surface area contributed by atoms with Crippen molar-refractivity contribution in [3.05, 3.63) is 28.8 Å². The third kappa shape index (κ3) is 1.12. The summed E-state index contributed by atoms with van der Waals surface area (Å²) in [5.74, 6) is 2.57. The Bertz CT molecular complexity index is 740. The second-order valence-electron chi connectivity index (χ2n) is 9.35. The lowest BCUT2D eigenvalue weighted by atomic mass is 9.44. The van der Waals surface area contributed by atoms with Gasteiger partial charge in [0.15, 0.2) is 0 Å². The largest absolute Gasteiger partial charge is 0.497 e. The predicted molar refractivity (Wildman–Crippen MR) is 88.9 cm³/mol. The molecule has 5 aliphatic carbocycles. The maximum Gasteiger partial charge on any atom is 0.119 e. The average Bonchev–Trinajstić information content (AvgIpc) is 3.04. The monoisotopic (exact) mass is 310 g/mol. The molecule has 122 valence electrons. The number of methoxy groups -OCH3 is 1. The van der Waals surface area contributed by atoms with Gasteiger partial charge in [-0.25, -0.2) is 0 Å². The van der Waals surface area contributed by atoms with E-state index in [4.69, 9.17) is 4.74 Å². The molecule has 5 aliphatic rings. The van der Waals surface area contributed by atoms with Gasteiger partial charge in [-0.05, 0) is 91.0 Å². The van der Waals surface area contributed by atoms with Crippen LogP contribution in [0.5, 0.6) is 5.75 Å². The van der Waals surface area contributed by atoms with Crippen molar-refractivity contribution in [1.82, 2.24) is 0 Å². The van der Waals surface area contributed by atoms with Gasteiger partial charge >= 0.3 is 0 Å². The minimum Gasteiger partial charge on any atom is -0.497 e. The van der Waals surface area contributed by atoms with Crippen LogP contribution in [-0.4, -0.2) is 18.3 Å². The van der Waals surface area contributed by atoms with Crippen LogP contribution >= 0.6 is 0 Å². The Kier molecular flexibility index (Phi) is 2.10. The summed E-state index contributed by atoms with van der Waals surface area (Å²) < 4.78 is 5.65. The Morgan fingerprint density at radius 2 is 2.04 bits per heavy atom. The van der Waals surface area contributed by atoms with E-state index in [-0.39, 0.29) is 16.9 Å². The Hall–Kier alpha value is -1.02. The molecule has 0 aromatic heterocycles. The fourth-order valence-corrected chi connectivity index (χ4v) is 8.33. The van der Waals surface area contributed by atoms with Crippen LogP contribution in [0.3, 0.4) is 0 Å². The standard InChI is InChI=1S/C21H26O2/c1-19-6-5-14-15-4-3-12-9-13(23-2)10-16(17(12)14)20(18(19)22)7-8-21(15,19)11-20/h9-10,14-15,18,22H,3-8,11H2,1-2H3/t14?,15?,18-,19-,20+,21-/m1/s1. The van der Waals surface area contributed by atoms with Crippen molar-refractivity contribution in [2.24, 2.45) is 16.7 Å². The summed E-state index contributed by atoms with van der Waals surface area (Å²) in [6, 6.07) is 4.59. The van der Waals surface area contributed by atoms with E-state index in [9.17, 15) is 5.11 Å². The first-order valence-corrected chi connectivity index (χ1v) is 9.45. The molecule has 6 atom stereocenters. The first-order chi connectivity index (χ1) is 11.1. The van der Waals surface area contributed by atoms with E-state index in [1.54, 1.807) is 12.7 Å². The highest BCUT2D eigenvalue weighted by Crippen LogP contribution is 2.81. The number of fused-ring (bicyclic) bond motifs is 4. The summed E-state index contributed by atoms with van der Waals surface area (Å²) in [7, 11) is 1.78. The van der Waals surface area contributed by atoms with Crippen LogP contribution in [0, 0.1) is 16.7 Å². The van der Waals surface area contributed by atoms with Crippen LogP contribution in [0.25, 0.3) is 0 Å². The van der Waals surface area contributed by atoms with E-state index in [2.05, 4.69) is 19.1 Å². The van der Waals surface area contributed by atoms with E-state index in [0.717, 1.165) is 17.6 Å². The summed E-state index contributed by atoms with van der Waals surface area (Å²) >= 11 is 0. The predicted octanol–water partition coefficient (Wildman–Crippen LogP) is 3.94. The fourth-order valence-electron chi connectivity index (χ4n) is 8.33. The molecule has 0 heterocycles. The van der Waals surface area contributed by atoms with Crippen LogP contribution in [-0.2, 0) is 11.8 Å². The molecule has 0 radical (unpaired) electrons. The summed E-state index contributed by atoms with van der Waals surface area (Å²) in [6.07, 6.45) is 8.64. The first-order valence-electron chi connectivity index (χ1n) is 9.45. The molecule has 1 N–H and O–H groups in total. The fraction of sp³-hybridized carbons (Fsp3) is 0.714. The van der Waals surface area contributed by atoms with Crippen LogP contribution in [0.15, 0.2) is 12.1 Å². The van der Waals surface area contributed by atoms with Crippen LogP contribution < -0.4 is 4.74 Å². The SMILES string of the molecule is COc1cc2c3c([C@]45CC[C@@]6(C4)C(CC2)C3CC[C@]6(C)[C@H]5O)c1. The maximum atomic E-state index is 11.5. The summed E-state index contributed by atoms with van der Waals surface area (Å²) in [6.45, 7) is 2.43. The molecule has 23 heavy (non-hydrogen) atoms. The zero-order valence-electron chi connectivity index (χ0n) is 14.2. The maximum absolute atomic E-state index is 11.5. The van der Waals surface area contributed by atoms with Crippen molar-refractivity contribution >= 4 is 0 Å². The summed E-state index contributed by atoms with van der Waals surface area (Å²) in [5, 5.41) is 11.5. The average molecular weight is 310 g/mol. The van der Waals surface area contributed by atoms with Gasteiger partial charge in [0.1, 0.15) is 5.75 Å². The smallest absolute Gasteiger partial charge is 0.119 e. The van der Waals surface area contributed by atoms with Gasteiger partial charge in [-0.1, -0.05) is 6.92 Å². The lowest BCUT2D eigenvalue weighted by Crippen LogP contribution is -2.57. The van der Waals surface area contributed by atoms with Gasteiger partial charge in [0.05, 0.1) is 13.2 Å². The molecule has 0 saturated heterocycles. The number of hydrogen-bond donors (Lipinski definition) is 1. The van der Waals surface area contributed by atoms with Crippen molar-refractivity contribution in [1.29, 1.82) is 0 Å². The van der Waals surface area contributed by atoms with Gasteiger partial charge in [-0.2, -0.15) is 0 Å². The highest BCUT2D eigenvalue weighted by atomic mass is 16.5. The molecular weight excluding hydrogens is 284 g/mol. The minimum atomic E-state index is -0.163. The molecule has 2 bridgehead atoms. The van der Waals surface area contributed by atoms with E-state index < -0.39 is 0 Å². The van der Waals surface area contributed by atoms with Gasteiger partial charge in [0.2, 0.25) is 0 Å². The van der Waals surface area contributed by atoms with Gasteiger partial charge in [0, 0.05) is 10.8 Å². The number of aryl methyl sites for hydroxylation is 1. The highest BCUT2D eigenvalue weighted by Gasteiger charge is 2.77. The number of aliphatic hydroxyl groups excluding tert-OH is 1. The molecule has 4 fully saturated rings. The zero-order valence-corrected chi connectivity index (χ0v) is 14.2. The summed E-state index contributed by atoms with van der Waals surface area (Å²) in [4.78, 5) is 0. The molecular formula is C21H26O2. The molecule has 4 saturated carbocycles. The van der Waals surface area contributed by atoms with Gasteiger partial charge < -0.3 is 9.84 Å². The van der Waals surface area contributed by atoms with Gasteiger partial charge in [0.25, 0.3) is 0 Å². The number of hydrogen-bond acceptors (Lipinski definition) is 2. The Balaban J connectivity index is 1.76. The van der Waals surface area contributed by atoms with Crippen LogP contribution in [0.2, 0.25) is 0 Å². The Labute approximate surface area is 138 Å². The summed E-state index contributed by atoms with van der Waals surface area (Å²) in [5.41, 5.74) is 5.22. The normalized spacial score (nSPS) is 51.0. The number of benzene rings is 1. The van der Waals surface area contributed by atoms with Crippen molar-refractivity contribution < 1.29 is 9.84 Å². The Morgan fingerprint density at radius 3 is 2.87 bits per heavy atom. The number of aliphatic hydroxyl groups is 1. The second kappa shape index (κ2) is 3.64. The van der Waals surface area contributed by atoms with Crippen molar-refractivity contribution in [2.45, 2.75) is 69.3 Å². The third-order valence-electron chi connectivity index (χ3n) is 9.19. The molecule has 1 aromatic carbocycles.